The third-order valence-electron chi connectivity index (χ3n) is 4.79. The van der Waals surface area contributed by atoms with Crippen molar-refractivity contribution in [3.8, 4) is 5.75 Å². The van der Waals surface area contributed by atoms with Crippen molar-refractivity contribution in [2.75, 3.05) is 13.2 Å². The fourth-order valence-electron chi connectivity index (χ4n) is 3.32. The molecule has 0 amide bonds. The summed E-state index contributed by atoms with van der Waals surface area (Å²) < 4.78 is 11.5. The molecule has 0 saturated carbocycles. The largest absolute Gasteiger partial charge is 0.491 e. The SMILES string of the molecule is CCC(NCc1cccc(C)c1)c1ccc(OCC2CCCO2)cc1. The fourth-order valence-corrected chi connectivity index (χ4v) is 3.32. The second-order valence-electron chi connectivity index (χ2n) is 6.85. The van der Waals surface area contributed by atoms with Gasteiger partial charge in [-0.05, 0) is 49.4 Å². The van der Waals surface area contributed by atoms with Gasteiger partial charge >= 0.3 is 0 Å². The van der Waals surface area contributed by atoms with E-state index < -0.39 is 0 Å². The van der Waals surface area contributed by atoms with Crippen molar-refractivity contribution in [2.45, 2.75) is 51.8 Å². The zero-order valence-electron chi connectivity index (χ0n) is 15.3. The van der Waals surface area contributed by atoms with Gasteiger partial charge in [0.05, 0.1) is 6.10 Å². The Balaban J connectivity index is 1.53. The molecule has 0 aromatic heterocycles. The first kappa shape index (κ1) is 18.0. The first-order valence-corrected chi connectivity index (χ1v) is 9.38. The van der Waals surface area contributed by atoms with Crippen molar-refractivity contribution in [1.82, 2.24) is 5.32 Å². The van der Waals surface area contributed by atoms with E-state index in [9.17, 15) is 0 Å². The molecular formula is C22H29NO2. The maximum absolute atomic E-state index is 5.86. The van der Waals surface area contributed by atoms with Crippen LogP contribution in [0.1, 0.15) is 48.9 Å². The Morgan fingerprint density at radius 3 is 2.72 bits per heavy atom. The van der Waals surface area contributed by atoms with E-state index in [0.717, 1.165) is 38.2 Å². The van der Waals surface area contributed by atoms with Crippen LogP contribution in [0.25, 0.3) is 0 Å². The molecule has 3 heteroatoms. The molecule has 1 N–H and O–H groups in total. The first-order chi connectivity index (χ1) is 12.2. The highest BCUT2D eigenvalue weighted by Gasteiger charge is 2.16. The zero-order valence-corrected chi connectivity index (χ0v) is 15.3. The molecule has 0 aliphatic carbocycles. The zero-order chi connectivity index (χ0) is 17.5. The van der Waals surface area contributed by atoms with E-state index in [1.165, 1.54) is 16.7 Å². The van der Waals surface area contributed by atoms with Crippen LogP contribution in [0.4, 0.5) is 0 Å². The summed E-state index contributed by atoms with van der Waals surface area (Å²) in [5.74, 6) is 0.924. The van der Waals surface area contributed by atoms with Crippen molar-refractivity contribution in [3.05, 3.63) is 65.2 Å². The van der Waals surface area contributed by atoms with Crippen molar-refractivity contribution in [1.29, 1.82) is 0 Å². The predicted molar refractivity (Wildman–Crippen MR) is 102 cm³/mol. The van der Waals surface area contributed by atoms with Gasteiger partial charge in [0.15, 0.2) is 0 Å². The van der Waals surface area contributed by atoms with Crippen LogP contribution >= 0.6 is 0 Å². The highest BCUT2D eigenvalue weighted by Crippen LogP contribution is 2.22. The summed E-state index contributed by atoms with van der Waals surface area (Å²) in [5.41, 5.74) is 3.94. The van der Waals surface area contributed by atoms with E-state index in [-0.39, 0.29) is 6.10 Å². The normalized spacial score (nSPS) is 18.2. The van der Waals surface area contributed by atoms with Gasteiger partial charge in [-0.25, -0.2) is 0 Å². The molecule has 1 aliphatic rings. The topological polar surface area (TPSA) is 30.5 Å². The molecule has 0 spiro atoms. The van der Waals surface area contributed by atoms with E-state index >= 15 is 0 Å². The van der Waals surface area contributed by atoms with Gasteiger partial charge in [-0.15, -0.1) is 0 Å². The van der Waals surface area contributed by atoms with Crippen molar-refractivity contribution < 1.29 is 9.47 Å². The second kappa shape index (κ2) is 9.02. The van der Waals surface area contributed by atoms with Crippen LogP contribution in [0.15, 0.2) is 48.5 Å². The summed E-state index contributed by atoms with van der Waals surface area (Å²) in [4.78, 5) is 0. The maximum atomic E-state index is 5.86. The smallest absolute Gasteiger partial charge is 0.119 e. The Hall–Kier alpha value is -1.84. The van der Waals surface area contributed by atoms with Crippen LogP contribution < -0.4 is 10.1 Å². The highest BCUT2D eigenvalue weighted by molar-refractivity contribution is 5.29. The third kappa shape index (κ3) is 5.32. The van der Waals surface area contributed by atoms with E-state index in [4.69, 9.17) is 9.47 Å². The molecule has 0 bridgehead atoms. The highest BCUT2D eigenvalue weighted by atomic mass is 16.5. The van der Waals surface area contributed by atoms with Gasteiger partial charge in [-0.1, -0.05) is 48.9 Å². The lowest BCUT2D eigenvalue weighted by molar-refractivity contribution is 0.0679. The Labute approximate surface area is 151 Å². The van der Waals surface area contributed by atoms with Gasteiger partial charge in [-0.2, -0.15) is 0 Å². The molecule has 1 saturated heterocycles. The maximum Gasteiger partial charge on any atom is 0.119 e. The van der Waals surface area contributed by atoms with Crippen LogP contribution in [0.2, 0.25) is 0 Å². The quantitative estimate of drug-likeness (QED) is 0.750. The molecule has 2 unspecified atom stereocenters. The molecule has 2 atom stereocenters. The molecule has 1 aliphatic heterocycles. The Bertz CT molecular complexity index is 647. The van der Waals surface area contributed by atoms with Crippen LogP contribution in [0.5, 0.6) is 5.75 Å². The summed E-state index contributed by atoms with van der Waals surface area (Å²) in [7, 11) is 0. The number of benzene rings is 2. The van der Waals surface area contributed by atoms with E-state index in [0.29, 0.717) is 12.6 Å². The number of ether oxygens (including phenoxy) is 2. The average Bonchev–Trinajstić information content (AvgIpc) is 3.15. The Kier molecular flexibility index (Phi) is 6.48. The minimum Gasteiger partial charge on any atom is -0.491 e. The van der Waals surface area contributed by atoms with Gasteiger partial charge in [0.2, 0.25) is 0 Å². The second-order valence-corrected chi connectivity index (χ2v) is 6.85. The van der Waals surface area contributed by atoms with Crippen molar-refractivity contribution in [2.24, 2.45) is 0 Å². The molecule has 1 heterocycles. The van der Waals surface area contributed by atoms with Crippen LogP contribution in [-0.2, 0) is 11.3 Å². The molecule has 2 aromatic carbocycles. The van der Waals surface area contributed by atoms with Crippen LogP contribution in [0, 0.1) is 6.92 Å². The van der Waals surface area contributed by atoms with Gasteiger partial charge in [0.1, 0.15) is 12.4 Å². The van der Waals surface area contributed by atoms with Crippen molar-refractivity contribution in [3.63, 3.8) is 0 Å². The fraction of sp³-hybridized carbons (Fsp3) is 0.455. The third-order valence-corrected chi connectivity index (χ3v) is 4.79. The molecule has 3 nitrogen and oxygen atoms in total. The first-order valence-electron chi connectivity index (χ1n) is 9.38. The summed E-state index contributed by atoms with van der Waals surface area (Å²) in [6.45, 7) is 6.77. The van der Waals surface area contributed by atoms with E-state index in [1.54, 1.807) is 0 Å². The molecule has 0 radical (unpaired) electrons. The Morgan fingerprint density at radius 1 is 1.20 bits per heavy atom. The lowest BCUT2D eigenvalue weighted by Gasteiger charge is -2.18. The monoisotopic (exact) mass is 339 g/mol. The van der Waals surface area contributed by atoms with Gasteiger partial charge < -0.3 is 14.8 Å². The standard InChI is InChI=1S/C22H29NO2/c1-3-22(23-15-18-7-4-6-17(2)14-18)19-9-11-20(12-10-19)25-16-21-8-5-13-24-21/h4,6-7,9-12,14,21-23H,3,5,8,13,15-16H2,1-2H3. The van der Waals surface area contributed by atoms with Gasteiger partial charge in [0, 0.05) is 19.2 Å². The minimum absolute atomic E-state index is 0.263. The van der Waals surface area contributed by atoms with Crippen LogP contribution in [0.3, 0.4) is 0 Å². The summed E-state index contributed by atoms with van der Waals surface area (Å²) in [5, 5.41) is 3.66. The molecule has 134 valence electrons. The molecule has 3 rings (SSSR count). The lowest BCUT2D eigenvalue weighted by atomic mass is 10.0. The number of hydrogen-bond acceptors (Lipinski definition) is 3. The number of rotatable bonds is 8. The average molecular weight is 339 g/mol. The Morgan fingerprint density at radius 2 is 2.04 bits per heavy atom. The summed E-state index contributed by atoms with van der Waals surface area (Å²) in [6, 6.07) is 17.5. The van der Waals surface area contributed by atoms with E-state index in [1.807, 2.05) is 0 Å². The van der Waals surface area contributed by atoms with Crippen molar-refractivity contribution >= 4 is 0 Å². The van der Waals surface area contributed by atoms with Gasteiger partial charge in [-0.3, -0.25) is 0 Å². The molecule has 2 aromatic rings. The molecule has 25 heavy (non-hydrogen) atoms. The van der Waals surface area contributed by atoms with E-state index in [2.05, 4.69) is 67.7 Å². The molecular weight excluding hydrogens is 310 g/mol. The summed E-state index contributed by atoms with van der Waals surface area (Å²) in [6.07, 6.45) is 3.58. The minimum atomic E-state index is 0.263. The number of nitrogens with one attached hydrogen (secondary N) is 1. The lowest BCUT2D eigenvalue weighted by Crippen LogP contribution is -2.20. The summed E-state index contributed by atoms with van der Waals surface area (Å²) >= 11 is 0. The van der Waals surface area contributed by atoms with Gasteiger partial charge in [0.25, 0.3) is 0 Å². The molecule has 1 fully saturated rings. The van der Waals surface area contributed by atoms with Crippen LogP contribution in [-0.4, -0.2) is 19.3 Å². The predicted octanol–water partition coefficient (Wildman–Crippen LogP) is 4.79. The number of aryl methyl sites for hydroxylation is 1. The number of hydrogen-bond donors (Lipinski definition) is 1.